The number of nitrogens with zero attached hydrogens (tertiary/aromatic N) is 4. The Labute approximate surface area is 141 Å². The Bertz CT molecular complexity index is 788. The first-order chi connectivity index (χ1) is 11.5. The second-order valence-corrected chi connectivity index (χ2v) is 7.62. The Morgan fingerprint density at radius 3 is 2.71 bits per heavy atom. The van der Waals surface area contributed by atoms with Gasteiger partial charge in [-0.25, -0.2) is 13.4 Å². The molecule has 1 fully saturated rings. The molecule has 24 heavy (non-hydrogen) atoms. The fraction of sp³-hybridized carbons (Fsp3) is 0.467. The molecule has 9 heteroatoms. The molecule has 8 nitrogen and oxygen atoms in total. The van der Waals surface area contributed by atoms with Gasteiger partial charge in [-0.3, -0.25) is 4.68 Å². The van der Waals surface area contributed by atoms with Gasteiger partial charge in [0.1, 0.15) is 18.7 Å². The third kappa shape index (κ3) is 3.42. The Morgan fingerprint density at radius 1 is 1.33 bits per heavy atom. The molecule has 1 atom stereocenters. The summed E-state index contributed by atoms with van der Waals surface area (Å²) in [5, 5.41) is 7.16. The summed E-state index contributed by atoms with van der Waals surface area (Å²) in [6.45, 7) is 3.99. The van der Waals surface area contributed by atoms with Crippen molar-refractivity contribution in [1.29, 1.82) is 0 Å². The number of rotatable bonds is 5. The van der Waals surface area contributed by atoms with E-state index in [4.69, 9.17) is 4.74 Å². The van der Waals surface area contributed by atoms with Crippen LogP contribution in [0, 0.1) is 0 Å². The SMILES string of the molecule is C[C@@H]1CNCCN1S(=O)(=O)c1ccc(OCc2ncnn2C)cc1. The number of piperazine rings is 1. The van der Waals surface area contributed by atoms with Crippen LogP contribution in [0.1, 0.15) is 12.7 Å². The lowest BCUT2D eigenvalue weighted by Gasteiger charge is -2.32. The zero-order valence-electron chi connectivity index (χ0n) is 13.7. The Morgan fingerprint density at radius 2 is 2.08 bits per heavy atom. The van der Waals surface area contributed by atoms with Crippen LogP contribution in [0.25, 0.3) is 0 Å². The molecule has 1 aromatic heterocycles. The predicted molar refractivity (Wildman–Crippen MR) is 88.0 cm³/mol. The molecule has 3 rings (SSSR count). The highest BCUT2D eigenvalue weighted by Crippen LogP contribution is 2.22. The molecule has 1 aliphatic heterocycles. The van der Waals surface area contributed by atoms with Crippen molar-refractivity contribution in [1.82, 2.24) is 24.4 Å². The van der Waals surface area contributed by atoms with Crippen LogP contribution in [-0.4, -0.2) is 53.2 Å². The number of benzene rings is 1. The molecule has 2 aromatic rings. The molecule has 0 amide bonds. The number of sulfonamides is 1. The van der Waals surface area contributed by atoms with Gasteiger partial charge in [0.15, 0.2) is 5.82 Å². The molecular formula is C15H21N5O3S. The van der Waals surface area contributed by atoms with Crippen LogP contribution in [0.3, 0.4) is 0 Å². The van der Waals surface area contributed by atoms with E-state index in [9.17, 15) is 8.42 Å². The van der Waals surface area contributed by atoms with E-state index in [1.54, 1.807) is 40.3 Å². The fourth-order valence-corrected chi connectivity index (χ4v) is 4.25. The van der Waals surface area contributed by atoms with E-state index < -0.39 is 10.0 Å². The van der Waals surface area contributed by atoms with Crippen molar-refractivity contribution in [2.45, 2.75) is 24.5 Å². The monoisotopic (exact) mass is 351 g/mol. The number of aromatic nitrogens is 3. The standard InChI is InChI=1S/C15H21N5O3S/c1-12-9-16-7-8-20(12)24(21,22)14-5-3-13(4-6-14)23-10-15-17-11-18-19(15)2/h3-6,11-12,16H,7-10H2,1-2H3/t12-/m1/s1. The van der Waals surface area contributed by atoms with Crippen molar-refractivity contribution >= 4 is 10.0 Å². The summed E-state index contributed by atoms with van der Waals surface area (Å²) in [7, 11) is -1.69. The highest BCUT2D eigenvalue weighted by atomic mass is 32.2. The van der Waals surface area contributed by atoms with Crippen molar-refractivity contribution in [3.8, 4) is 5.75 Å². The van der Waals surface area contributed by atoms with Crippen LogP contribution in [0.5, 0.6) is 5.75 Å². The average molecular weight is 351 g/mol. The first kappa shape index (κ1) is 16.9. The Hall–Kier alpha value is -1.97. The van der Waals surface area contributed by atoms with E-state index in [0.29, 0.717) is 31.2 Å². The maximum Gasteiger partial charge on any atom is 0.243 e. The van der Waals surface area contributed by atoms with Gasteiger partial charge in [0.05, 0.1) is 4.90 Å². The zero-order valence-corrected chi connectivity index (χ0v) is 14.5. The van der Waals surface area contributed by atoms with Crippen LogP contribution >= 0.6 is 0 Å². The number of nitrogens with one attached hydrogen (secondary N) is 1. The van der Waals surface area contributed by atoms with Gasteiger partial charge in [-0.2, -0.15) is 9.40 Å². The second-order valence-electron chi connectivity index (χ2n) is 5.73. The number of aryl methyl sites for hydroxylation is 1. The minimum Gasteiger partial charge on any atom is -0.486 e. The van der Waals surface area contributed by atoms with E-state index in [1.165, 1.54) is 6.33 Å². The molecular weight excluding hydrogens is 330 g/mol. The van der Waals surface area contributed by atoms with Gasteiger partial charge in [-0.05, 0) is 31.2 Å². The van der Waals surface area contributed by atoms with Crippen molar-refractivity contribution in [2.24, 2.45) is 7.05 Å². The van der Waals surface area contributed by atoms with E-state index in [-0.39, 0.29) is 17.5 Å². The van der Waals surface area contributed by atoms with Crippen molar-refractivity contribution in [3.05, 3.63) is 36.4 Å². The predicted octanol–water partition coefficient (Wildman–Crippen LogP) is 0.377. The average Bonchev–Trinajstić information content (AvgIpc) is 2.99. The molecule has 0 aliphatic carbocycles. The van der Waals surface area contributed by atoms with E-state index in [1.807, 2.05) is 6.92 Å². The van der Waals surface area contributed by atoms with Gasteiger partial charge in [0.25, 0.3) is 0 Å². The first-order valence-corrected chi connectivity index (χ1v) is 9.21. The summed E-state index contributed by atoms with van der Waals surface area (Å²) in [6.07, 6.45) is 1.46. The third-order valence-corrected chi connectivity index (χ3v) is 6.07. The minimum absolute atomic E-state index is 0.0596. The number of hydrogen-bond donors (Lipinski definition) is 1. The maximum atomic E-state index is 12.7. The second kappa shape index (κ2) is 6.88. The lowest BCUT2D eigenvalue weighted by atomic mass is 10.3. The summed E-state index contributed by atoms with van der Waals surface area (Å²) in [5.74, 6) is 1.28. The molecule has 1 saturated heterocycles. The summed E-state index contributed by atoms with van der Waals surface area (Å²) >= 11 is 0. The van der Waals surface area contributed by atoms with Crippen LogP contribution in [0.15, 0.2) is 35.5 Å². The van der Waals surface area contributed by atoms with E-state index in [2.05, 4.69) is 15.4 Å². The van der Waals surface area contributed by atoms with Crippen molar-refractivity contribution in [2.75, 3.05) is 19.6 Å². The van der Waals surface area contributed by atoms with Crippen molar-refractivity contribution < 1.29 is 13.2 Å². The highest BCUT2D eigenvalue weighted by molar-refractivity contribution is 7.89. The Kier molecular flexibility index (Phi) is 4.83. The lowest BCUT2D eigenvalue weighted by Crippen LogP contribution is -2.52. The van der Waals surface area contributed by atoms with Gasteiger partial charge in [0, 0.05) is 32.7 Å². The van der Waals surface area contributed by atoms with Gasteiger partial charge in [-0.15, -0.1) is 0 Å². The Balaban J connectivity index is 1.70. The summed E-state index contributed by atoms with van der Waals surface area (Å²) in [5.41, 5.74) is 0. The summed E-state index contributed by atoms with van der Waals surface area (Å²) in [6, 6.07) is 6.42. The quantitative estimate of drug-likeness (QED) is 0.837. The largest absolute Gasteiger partial charge is 0.486 e. The summed E-state index contributed by atoms with van der Waals surface area (Å²) in [4.78, 5) is 4.36. The van der Waals surface area contributed by atoms with E-state index in [0.717, 1.165) is 0 Å². The normalized spacial score (nSPS) is 19.3. The molecule has 0 spiro atoms. The molecule has 130 valence electrons. The molecule has 0 bridgehead atoms. The molecule has 0 radical (unpaired) electrons. The van der Waals surface area contributed by atoms with Crippen LogP contribution in [0.4, 0.5) is 0 Å². The molecule has 2 heterocycles. The first-order valence-electron chi connectivity index (χ1n) is 7.77. The lowest BCUT2D eigenvalue weighted by molar-refractivity contribution is 0.283. The fourth-order valence-electron chi connectivity index (χ4n) is 2.62. The minimum atomic E-state index is -3.48. The zero-order chi connectivity index (χ0) is 17.2. The van der Waals surface area contributed by atoms with Gasteiger partial charge < -0.3 is 10.1 Å². The summed E-state index contributed by atoms with van der Waals surface area (Å²) < 4.78 is 34.3. The smallest absolute Gasteiger partial charge is 0.243 e. The van der Waals surface area contributed by atoms with Gasteiger partial charge in [0.2, 0.25) is 10.0 Å². The van der Waals surface area contributed by atoms with Crippen molar-refractivity contribution in [3.63, 3.8) is 0 Å². The molecule has 1 aliphatic rings. The molecule has 0 saturated carbocycles. The third-order valence-electron chi connectivity index (χ3n) is 4.04. The highest BCUT2D eigenvalue weighted by Gasteiger charge is 2.30. The van der Waals surface area contributed by atoms with E-state index >= 15 is 0 Å². The maximum absolute atomic E-state index is 12.7. The molecule has 0 unspecified atom stereocenters. The van der Waals surface area contributed by atoms with Crippen LogP contribution in [-0.2, 0) is 23.7 Å². The molecule has 1 aromatic carbocycles. The van der Waals surface area contributed by atoms with Crippen LogP contribution < -0.4 is 10.1 Å². The topological polar surface area (TPSA) is 89.3 Å². The van der Waals surface area contributed by atoms with Crippen LogP contribution in [0.2, 0.25) is 0 Å². The number of ether oxygens (including phenoxy) is 1. The number of hydrogen-bond acceptors (Lipinski definition) is 6. The van der Waals surface area contributed by atoms with Gasteiger partial charge in [-0.1, -0.05) is 0 Å². The van der Waals surface area contributed by atoms with Gasteiger partial charge >= 0.3 is 0 Å². The molecule has 1 N–H and O–H groups in total.